The van der Waals surface area contributed by atoms with E-state index in [-0.39, 0.29) is 4.90 Å². The van der Waals surface area contributed by atoms with Gasteiger partial charge < -0.3 is 4.74 Å². The Labute approximate surface area is 152 Å². The lowest BCUT2D eigenvalue weighted by Gasteiger charge is -2.09. The molecular weight excluding hydrogens is 448 g/mol. The van der Waals surface area contributed by atoms with E-state index in [4.69, 9.17) is 4.74 Å². The van der Waals surface area contributed by atoms with Gasteiger partial charge in [0.2, 0.25) is 0 Å². The number of sulfonamides is 1. The minimum atomic E-state index is -3.66. The Bertz CT molecular complexity index is 786. The van der Waals surface area contributed by atoms with E-state index < -0.39 is 10.0 Å². The van der Waals surface area contributed by atoms with Gasteiger partial charge in [-0.05, 0) is 68.6 Å². The molecule has 0 saturated heterocycles. The van der Waals surface area contributed by atoms with Gasteiger partial charge >= 0.3 is 0 Å². The fraction of sp³-hybridized carbons (Fsp3) is 0.133. The standard InChI is InChI=1S/C15H14Br2N2O3S/c1-2-22-15-13(16)8-11(9-14(15)17)10-18-19-23(20,21)12-6-4-3-5-7-12/h3-10,19H,2H2,1H3/b18-10-. The monoisotopic (exact) mass is 460 g/mol. The molecule has 2 aromatic rings. The highest BCUT2D eigenvalue weighted by atomic mass is 79.9. The van der Waals surface area contributed by atoms with Crippen molar-refractivity contribution < 1.29 is 13.2 Å². The Morgan fingerprint density at radius 1 is 1.17 bits per heavy atom. The molecule has 2 rings (SSSR count). The van der Waals surface area contributed by atoms with Crippen molar-refractivity contribution in [2.45, 2.75) is 11.8 Å². The van der Waals surface area contributed by atoms with Gasteiger partial charge in [0.15, 0.2) is 0 Å². The van der Waals surface area contributed by atoms with Gasteiger partial charge in [-0.25, -0.2) is 4.83 Å². The number of hydrogen-bond acceptors (Lipinski definition) is 4. The topological polar surface area (TPSA) is 67.8 Å². The third-order valence-electron chi connectivity index (χ3n) is 2.75. The zero-order valence-electron chi connectivity index (χ0n) is 12.2. The van der Waals surface area contributed by atoms with Crippen molar-refractivity contribution in [2.75, 3.05) is 6.61 Å². The maximum absolute atomic E-state index is 12.0. The molecule has 5 nitrogen and oxygen atoms in total. The van der Waals surface area contributed by atoms with Crippen molar-refractivity contribution in [3.8, 4) is 5.75 Å². The van der Waals surface area contributed by atoms with Gasteiger partial charge in [-0.15, -0.1) is 0 Å². The Kier molecular flexibility index (Phi) is 6.20. The summed E-state index contributed by atoms with van der Waals surface area (Å²) in [6.07, 6.45) is 1.42. The molecule has 0 aliphatic carbocycles. The highest BCUT2D eigenvalue weighted by molar-refractivity contribution is 9.11. The predicted octanol–water partition coefficient (Wildman–Crippen LogP) is 3.92. The summed E-state index contributed by atoms with van der Waals surface area (Å²) in [7, 11) is -3.66. The van der Waals surface area contributed by atoms with Crippen LogP contribution < -0.4 is 9.57 Å². The Hall–Kier alpha value is -1.38. The second-order valence-electron chi connectivity index (χ2n) is 4.41. The fourth-order valence-electron chi connectivity index (χ4n) is 1.76. The third-order valence-corrected chi connectivity index (χ3v) is 5.17. The molecule has 0 saturated carbocycles. The molecule has 8 heteroatoms. The minimum absolute atomic E-state index is 0.159. The maximum atomic E-state index is 12.0. The van der Waals surface area contributed by atoms with Crippen molar-refractivity contribution in [1.29, 1.82) is 0 Å². The summed E-state index contributed by atoms with van der Waals surface area (Å²) in [5.74, 6) is 0.689. The van der Waals surface area contributed by atoms with E-state index in [2.05, 4.69) is 41.8 Å². The summed E-state index contributed by atoms with van der Waals surface area (Å²) in [6, 6.07) is 11.6. The zero-order chi connectivity index (χ0) is 16.9. The molecule has 1 N–H and O–H groups in total. The van der Waals surface area contributed by atoms with Gasteiger partial charge in [0.05, 0.1) is 26.7 Å². The van der Waals surface area contributed by atoms with E-state index in [0.717, 1.165) is 8.95 Å². The number of halogens is 2. The van der Waals surface area contributed by atoms with Crippen LogP contribution >= 0.6 is 31.9 Å². The highest BCUT2D eigenvalue weighted by Gasteiger charge is 2.11. The normalized spacial score (nSPS) is 11.6. The van der Waals surface area contributed by atoms with Crippen LogP contribution in [0.5, 0.6) is 5.75 Å². The van der Waals surface area contributed by atoms with Gasteiger partial charge in [-0.3, -0.25) is 0 Å². The van der Waals surface area contributed by atoms with E-state index in [0.29, 0.717) is 17.9 Å². The van der Waals surface area contributed by atoms with Crippen molar-refractivity contribution in [3.05, 3.63) is 57.0 Å². The number of nitrogens with zero attached hydrogens (tertiary/aromatic N) is 1. The predicted molar refractivity (Wildman–Crippen MR) is 97.4 cm³/mol. The van der Waals surface area contributed by atoms with E-state index >= 15 is 0 Å². The molecule has 2 aromatic carbocycles. The molecule has 0 heterocycles. The summed E-state index contributed by atoms with van der Waals surface area (Å²) < 4.78 is 31.1. The molecular formula is C15H14Br2N2O3S. The molecule has 0 spiro atoms. The number of benzene rings is 2. The second kappa shape index (κ2) is 7.94. The summed E-state index contributed by atoms with van der Waals surface area (Å²) in [5.41, 5.74) is 0.711. The largest absolute Gasteiger partial charge is 0.492 e. The first kappa shape index (κ1) is 18.0. The van der Waals surface area contributed by atoms with Crippen LogP contribution in [0.15, 0.2) is 61.4 Å². The van der Waals surface area contributed by atoms with Crippen LogP contribution in [-0.2, 0) is 10.0 Å². The molecule has 122 valence electrons. The second-order valence-corrected chi connectivity index (χ2v) is 7.78. The number of ether oxygens (including phenoxy) is 1. The molecule has 0 fully saturated rings. The maximum Gasteiger partial charge on any atom is 0.276 e. The number of nitrogens with one attached hydrogen (secondary N) is 1. The van der Waals surface area contributed by atoms with Crippen molar-refractivity contribution in [3.63, 3.8) is 0 Å². The molecule has 0 bridgehead atoms. The van der Waals surface area contributed by atoms with Crippen LogP contribution in [0.2, 0.25) is 0 Å². The lowest BCUT2D eigenvalue weighted by molar-refractivity contribution is 0.336. The number of rotatable bonds is 6. The lowest BCUT2D eigenvalue weighted by Crippen LogP contribution is -2.18. The molecule has 0 radical (unpaired) electrons. The van der Waals surface area contributed by atoms with Gasteiger partial charge in [0.1, 0.15) is 5.75 Å². The average Bonchev–Trinajstić information content (AvgIpc) is 2.52. The van der Waals surface area contributed by atoms with Crippen molar-refractivity contribution in [2.24, 2.45) is 5.10 Å². The smallest absolute Gasteiger partial charge is 0.276 e. The Balaban J connectivity index is 2.15. The van der Waals surface area contributed by atoms with Crippen LogP contribution in [0.1, 0.15) is 12.5 Å². The molecule has 0 unspecified atom stereocenters. The highest BCUT2D eigenvalue weighted by Crippen LogP contribution is 2.34. The van der Waals surface area contributed by atoms with Crippen molar-refractivity contribution >= 4 is 48.1 Å². The molecule has 23 heavy (non-hydrogen) atoms. The summed E-state index contributed by atoms with van der Waals surface area (Å²) >= 11 is 6.82. The van der Waals surface area contributed by atoms with Crippen LogP contribution in [0.4, 0.5) is 0 Å². The van der Waals surface area contributed by atoms with Crippen LogP contribution in [0.25, 0.3) is 0 Å². The average molecular weight is 462 g/mol. The molecule has 0 atom stereocenters. The summed E-state index contributed by atoms with van der Waals surface area (Å²) in [6.45, 7) is 2.44. The Morgan fingerprint density at radius 2 is 1.78 bits per heavy atom. The number of hydrazone groups is 1. The third kappa shape index (κ3) is 4.79. The summed E-state index contributed by atoms with van der Waals surface area (Å²) in [5, 5.41) is 3.80. The van der Waals surface area contributed by atoms with Crippen LogP contribution in [-0.4, -0.2) is 21.2 Å². The van der Waals surface area contributed by atoms with Gasteiger partial charge in [0.25, 0.3) is 10.0 Å². The molecule has 0 aromatic heterocycles. The molecule has 0 aliphatic rings. The van der Waals surface area contributed by atoms with E-state index in [9.17, 15) is 8.42 Å². The fourth-order valence-corrected chi connectivity index (χ4v) is 4.02. The van der Waals surface area contributed by atoms with Crippen LogP contribution in [0, 0.1) is 0 Å². The molecule has 0 amide bonds. The van der Waals surface area contributed by atoms with E-state index in [1.807, 2.05) is 6.92 Å². The molecule has 0 aliphatic heterocycles. The number of hydrogen-bond donors (Lipinski definition) is 1. The first-order valence-electron chi connectivity index (χ1n) is 6.66. The summed E-state index contributed by atoms with van der Waals surface area (Å²) in [4.78, 5) is 2.34. The van der Waals surface area contributed by atoms with E-state index in [1.165, 1.54) is 18.3 Å². The quantitative estimate of drug-likeness (QED) is 0.523. The van der Waals surface area contributed by atoms with Gasteiger partial charge in [-0.1, -0.05) is 18.2 Å². The zero-order valence-corrected chi connectivity index (χ0v) is 16.2. The minimum Gasteiger partial charge on any atom is -0.492 e. The van der Waals surface area contributed by atoms with Gasteiger partial charge in [-0.2, -0.15) is 13.5 Å². The first-order valence-corrected chi connectivity index (χ1v) is 9.72. The Morgan fingerprint density at radius 3 is 2.35 bits per heavy atom. The van der Waals surface area contributed by atoms with Gasteiger partial charge in [0, 0.05) is 0 Å². The SMILES string of the molecule is CCOc1c(Br)cc(/C=N\NS(=O)(=O)c2ccccc2)cc1Br. The first-order chi connectivity index (χ1) is 10.9. The lowest BCUT2D eigenvalue weighted by atomic mass is 10.2. The van der Waals surface area contributed by atoms with E-state index in [1.54, 1.807) is 30.3 Å². The van der Waals surface area contributed by atoms with Crippen molar-refractivity contribution in [1.82, 2.24) is 4.83 Å². The van der Waals surface area contributed by atoms with Crippen LogP contribution in [0.3, 0.4) is 0 Å².